The van der Waals surface area contributed by atoms with Gasteiger partial charge in [0.2, 0.25) is 0 Å². The second-order valence-electron chi connectivity index (χ2n) is 4.72. The van der Waals surface area contributed by atoms with Crippen LogP contribution in [0.1, 0.15) is 26.7 Å². The maximum atomic E-state index is 12.4. The summed E-state index contributed by atoms with van der Waals surface area (Å²) >= 11 is 3.27. The van der Waals surface area contributed by atoms with Crippen molar-refractivity contribution in [1.82, 2.24) is 19.3 Å². The average Bonchev–Trinajstić information content (AvgIpc) is 2.68. The highest BCUT2D eigenvalue weighted by molar-refractivity contribution is 9.10. The van der Waals surface area contributed by atoms with Gasteiger partial charge in [0.1, 0.15) is 16.3 Å². The highest BCUT2D eigenvalue weighted by Crippen LogP contribution is 2.19. The molecule has 0 aliphatic heterocycles. The third kappa shape index (κ3) is 2.44. The maximum absolute atomic E-state index is 12.4. The summed E-state index contributed by atoms with van der Waals surface area (Å²) in [5.74, 6) is 0. The van der Waals surface area contributed by atoms with Crippen molar-refractivity contribution in [2.75, 3.05) is 0 Å². The Morgan fingerprint density at radius 3 is 2.63 bits per heavy atom. The summed E-state index contributed by atoms with van der Waals surface area (Å²) in [6, 6.07) is 0. The number of hydrogen-bond acceptors (Lipinski definition) is 4. The van der Waals surface area contributed by atoms with E-state index in [0.29, 0.717) is 28.5 Å². The van der Waals surface area contributed by atoms with Crippen LogP contribution in [0.3, 0.4) is 0 Å². The zero-order valence-corrected chi connectivity index (χ0v) is 12.8. The lowest BCUT2D eigenvalue weighted by atomic mass is 9.97. The number of aryl methyl sites for hydroxylation is 1. The Hall–Kier alpha value is -1.21. The number of fused-ring (bicyclic) bond motifs is 1. The van der Waals surface area contributed by atoms with E-state index in [1.54, 1.807) is 11.7 Å². The Labute approximate surface area is 119 Å². The molecule has 2 aromatic rings. The van der Waals surface area contributed by atoms with Crippen molar-refractivity contribution >= 4 is 27.0 Å². The van der Waals surface area contributed by atoms with E-state index in [9.17, 15) is 9.90 Å². The largest absolute Gasteiger partial charge is 0.388 e. The van der Waals surface area contributed by atoms with Crippen LogP contribution in [0.4, 0.5) is 0 Å². The minimum absolute atomic E-state index is 0.190. The fraction of sp³-hybridized carbons (Fsp3) is 0.583. The molecule has 1 N–H and O–H groups in total. The van der Waals surface area contributed by atoms with Crippen LogP contribution in [0.5, 0.6) is 0 Å². The summed E-state index contributed by atoms with van der Waals surface area (Å²) in [5.41, 5.74) is -0.539. The Bertz CT molecular complexity index is 658. The molecule has 6 nitrogen and oxygen atoms in total. The first-order valence-corrected chi connectivity index (χ1v) is 7.01. The predicted molar refractivity (Wildman–Crippen MR) is 76.0 cm³/mol. The molecule has 0 radical (unpaired) electrons. The van der Waals surface area contributed by atoms with Gasteiger partial charge in [-0.05, 0) is 28.8 Å². The molecule has 2 heterocycles. The molecule has 0 fully saturated rings. The van der Waals surface area contributed by atoms with Crippen molar-refractivity contribution in [2.24, 2.45) is 7.05 Å². The number of aliphatic hydroxyl groups is 1. The first-order valence-electron chi connectivity index (χ1n) is 6.22. The maximum Gasteiger partial charge on any atom is 0.265 e. The first kappa shape index (κ1) is 14.2. The van der Waals surface area contributed by atoms with Crippen molar-refractivity contribution in [2.45, 2.75) is 38.8 Å². The molecule has 19 heavy (non-hydrogen) atoms. The third-order valence-electron chi connectivity index (χ3n) is 3.55. The van der Waals surface area contributed by atoms with E-state index < -0.39 is 5.60 Å². The van der Waals surface area contributed by atoms with Crippen molar-refractivity contribution in [3.8, 4) is 0 Å². The van der Waals surface area contributed by atoms with Gasteiger partial charge in [-0.15, -0.1) is 0 Å². The van der Waals surface area contributed by atoms with Crippen LogP contribution in [0, 0.1) is 0 Å². The van der Waals surface area contributed by atoms with E-state index in [0.717, 1.165) is 0 Å². The summed E-state index contributed by atoms with van der Waals surface area (Å²) in [5, 5.41) is 14.9. The highest BCUT2D eigenvalue weighted by Gasteiger charge is 2.24. The predicted octanol–water partition coefficient (Wildman–Crippen LogP) is 1.44. The van der Waals surface area contributed by atoms with Crippen LogP contribution in [0.15, 0.2) is 15.7 Å². The molecule has 0 aliphatic carbocycles. The SMILES string of the molecule is CCC(O)(CC)Cn1cnc2c(c(Br)nn2C)c1=O. The minimum Gasteiger partial charge on any atom is -0.388 e. The molecular weight excluding hydrogens is 312 g/mol. The summed E-state index contributed by atoms with van der Waals surface area (Å²) in [4.78, 5) is 16.6. The van der Waals surface area contributed by atoms with E-state index in [1.807, 2.05) is 13.8 Å². The Balaban J connectivity index is 2.55. The smallest absolute Gasteiger partial charge is 0.265 e. The fourth-order valence-electron chi connectivity index (χ4n) is 2.04. The van der Waals surface area contributed by atoms with Gasteiger partial charge in [-0.1, -0.05) is 13.8 Å². The van der Waals surface area contributed by atoms with E-state index in [-0.39, 0.29) is 12.1 Å². The standard InChI is InChI=1S/C12H17BrN4O2/c1-4-12(19,5-2)6-17-7-14-10-8(11(17)18)9(13)15-16(10)3/h7,19H,4-6H2,1-3H3. The Morgan fingerprint density at radius 1 is 1.42 bits per heavy atom. The van der Waals surface area contributed by atoms with Gasteiger partial charge in [-0.3, -0.25) is 9.36 Å². The second kappa shape index (κ2) is 5.05. The van der Waals surface area contributed by atoms with Crippen molar-refractivity contribution < 1.29 is 5.11 Å². The highest BCUT2D eigenvalue weighted by atomic mass is 79.9. The monoisotopic (exact) mass is 328 g/mol. The van der Waals surface area contributed by atoms with Gasteiger partial charge in [-0.25, -0.2) is 9.67 Å². The second-order valence-corrected chi connectivity index (χ2v) is 5.47. The van der Waals surface area contributed by atoms with Gasteiger partial charge >= 0.3 is 0 Å². The van der Waals surface area contributed by atoms with Crippen molar-refractivity contribution in [1.29, 1.82) is 0 Å². The van der Waals surface area contributed by atoms with Crippen LogP contribution in [0.25, 0.3) is 11.0 Å². The van der Waals surface area contributed by atoms with Crippen molar-refractivity contribution in [3.05, 3.63) is 21.3 Å². The summed E-state index contributed by atoms with van der Waals surface area (Å²) in [6.45, 7) is 4.05. The lowest BCUT2D eigenvalue weighted by Gasteiger charge is -2.25. The summed E-state index contributed by atoms with van der Waals surface area (Å²) in [7, 11) is 1.73. The molecule has 2 aromatic heterocycles. The molecule has 0 aromatic carbocycles. The minimum atomic E-state index is -0.881. The molecule has 0 unspecified atom stereocenters. The molecule has 0 saturated carbocycles. The summed E-state index contributed by atoms with van der Waals surface area (Å²) in [6.07, 6.45) is 2.64. The lowest BCUT2D eigenvalue weighted by Crippen LogP contribution is -2.37. The van der Waals surface area contributed by atoms with Gasteiger partial charge in [0.25, 0.3) is 5.56 Å². The fourth-order valence-corrected chi connectivity index (χ4v) is 2.62. The quantitative estimate of drug-likeness (QED) is 0.921. The van der Waals surface area contributed by atoms with Gasteiger partial charge in [0, 0.05) is 7.05 Å². The molecular formula is C12H17BrN4O2. The van der Waals surface area contributed by atoms with E-state index >= 15 is 0 Å². The van der Waals surface area contributed by atoms with E-state index in [2.05, 4.69) is 26.0 Å². The van der Waals surface area contributed by atoms with Gasteiger partial charge in [0.05, 0.1) is 12.1 Å². The van der Waals surface area contributed by atoms with Gasteiger partial charge in [0.15, 0.2) is 5.65 Å². The number of aromatic nitrogens is 4. The van der Waals surface area contributed by atoms with E-state index in [4.69, 9.17) is 0 Å². The third-order valence-corrected chi connectivity index (χ3v) is 4.10. The molecule has 2 rings (SSSR count). The zero-order valence-electron chi connectivity index (χ0n) is 11.2. The first-order chi connectivity index (χ1) is 8.91. The summed E-state index contributed by atoms with van der Waals surface area (Å²) < 4.78 is 3.48. The van der Waals surface area contributed by atoms with E-state index in [1.165, 1.54) is 10.9 Å². The Kier molecular flexibility index (Phi) is 3.78. The zero-order chi connectivity index (χ0) is 14.2. The molecule has 0 atom stereocenters. The molecule has 0 bridgehead atoms. The molecule has 0 aliphatic rings. The number of hydrogen-bond donors (Lipinski definition) is 1. The van der Waals surface area contributed by atoms with Crippen molar-refractivity contribution in [3.63, 3.8) is 0 Å². The molecule has 104 valence electrons. The normalized spacial score (nSPS) is 12.3. The molecule has 7 heteroatoms. The topological polar surface area (TPSA) is 72.9 Å². The number of rotatable bonds is 4. The van der Waals surface area contributed by atoms with Crippen LogP contribution in [-0.2, 0) is 13.6 Å². The van der Waals surface area contributed by atoms with Crippen LogP contribution >= 0.6 is 15.9 Å². The lowest BCUT2D eigenvalue weighted by molar-refractivity contribution is 0.0140. The molecule has 0 saturated heterocycles. The molecule has 0 amide bonds. The average molecular weight is 329 g/mol. The number of nitrogens with zero attached hydrogens (tertiary/aromatic N) is 4. The van der Waals surface area contributed by atoms with Gasteiger partial charge < -0.3 is 5.11 Å². The number of halogens is 1. The molecule has 0 spiro atoms. The van der Waals surface area contributed by atoms with Crippen LogP contribution in [-0.4, -0.2) is 30.0 Å². The van der Waals surface area contributed by atoms with Crippen LogP contribution < -0.4 is 5.56 Å². The van der Waals surface area contributed by atoms with Gasteiger partial charge in [-0.2, -0.15) is 5.10 Å². The Morgan fingerprint density at radius 2 is 2.05 bits per heavy atom. The van der Waals surface area contributed by atoms with Crippen LogP contribution in [0.2, 0.25) is 0 Å².